The molecule has 0 spiro atoms. The van der Waals surface area contributed by atoms with Gasteiger partial charge in [0.1, 0.15) is 5.58 Å². The van der Waals surface area contributed by atoms with Gasteiger partial charge in [-0.3, -0.25) is 4.79 Å². The van der Waals surface area contributed by atoms with E-state index < -0.39 is 22.7 Å². The van der Waals surface area contributed by atoms with Crippen LogP contribution in [-0.4, -0.2) is 5.91 Å². The molecule has 1 N–H and O–H groups in total. The lowest BCUT2D eigenvalue weighted by Gasteiger charge is -2.11. The van der Waals surface area contributed by atoms with Crippen molar-refractivity contribution in [2.24, 2.45) is 0 Å². The third-order valence-electron chi connectivity index (χ3n) is 3.63. The lowest BCUT2D eigenvalue weighted by atomic mass is 10.1. The maximum absolute atomic E-state index is 12.9. The Morgan fingerprint density at radius 3 is 2.60 bits per heavy atom. The Hall–Kier alpha value is -1.99. The van der Waals surface area contributed by atoms with Crippen molar-refractivity contribution in [2.45, 2.75) is 13.1 Å². The van der Waals surface area contributed by atoms with Crippen LogP contribution in [0.2, 0.25) is 5.02 Å². The second-order valence-electron chi connectivity index (χ2n) is 5.34. The quantitative estimate of drug-likeness (QED) is 0.507. The average molecular weight is 433 g/mol. The Morgan fingerprint density at radius 1 is 1.20 bits per heavy atom. The molecule has 0 aliphatic rings. The van der Waals surface area contributed by atoms with Gasteiger partial charge in [0.05, 0.1) is 10.6 Å². The smallest absolute Gasteiger partial charge is 0.417 e. The van der Waals surface area contributed by atoms with E-state index in [0.717, 1.165) is 22.0 Å². The first-order valence-corrected chi connectivity index (χ1v) is 8.20. The van der Waals surface area contributed by atoms with Crippen LogP contribution in [0.25, 0.3) is 11.0 Å². The molecule has 8 heteroatoms. The first-order valence-electron chi connectivity index (χ1n) is 7.03. The minimum absolute atomic E-state index is 0.0252. The molecule has 3 aromatic rings. The predicted octanol–water partition coefficient (Wildman–Crippen LogP) is 6.43. The van der Waals surface area contributed by atoms with Gasteiger partial charge in [0.15, 0.2) is 5.76 Å². The van der Waals surface area contributed by atoms with Gasteiger partial charge in [0.2, 0.25) is 0 Å². The Balaban J connectivity index is 1.94. The Morgan fingerprint density at radius 2 is 1.92 bits per heavy atom. The van der Waals surface area contributed by atoms with Gasteiger partial charge in [-0.05, 0) is 43.3 Å². The fourth-order valence-corrected chi connectivity index (χ4v) is 3.00. The molecule has 0 fully saturated rings. The van der Waals surface area contributed by atoms with Crippen LogP contribution in [0, 0.1) is 6.92 Å². The van der Waals surface area contributed by atoms with Crippen LogP contribution in [-0.2, 0) is 6.18 Å². The summed E-state index contributed by atoms with van der Waals surface area (Å²) in [5, 5.41) is 2.72. The third-order valence-corrected chi connectivity index (χ3v) is 4.46. The molecule has 0 saturated heterocycles. The van der Waals surface area contributed by atoms with Crippen LogP contribution in [0.1, 0.15) is 21.7 Å². The van der Waals surface area contributed by atoms with Gasteiger partial charge < -0.3 is 9.73 Å². The summed E-state index contributed by atoms with van der Waals surface area (Å²) >= 11 is 8.91. The van der Waals surface area contributed by atoms with Crippen molar-refractivity contribution in [3.8, 4) is 0 Å². The summed E-state index contributed by atoms with van der Waals surface area (Å²) < 4.78 is 45.1. The SMILES string of the molecule is Cc1c(C(=O)Nc2ccc(Cl)c(C(F)(F)F)c2)oc2ccc(Br)cc12. The number of rotatable bonds is 2. The fourth-order valence-electron chi connectivity index (χ4n) is 2.42. The topological polar surface area (TPSA) is 42.2 Å². The first kappa shape index (κ1) is 17.8. The highest BCUT2D eigenvalue weighted by Crippen LogP contribution is 2.36. The Labute approximate surface area is 153 Å². The monoisotopic (exact) mass is 431 g/mol. The molecular formula is C17H10BrClF3NO2. The number of carbonyl (C=O) groups is 1. The summed E-state index contributed by atoms with van der Waals surface area (Å²) in [6.45, 7) is 1.70. The van der Waals surface area contributed by atoms with Crippen molar-refractivity contribution < 1.29 is 22.4 Å². The number of nitrogens with one attached hydrogen (secondary N) is 1. The van der Waals surface area contributed by atoms with Gasteiger partial charge in [-0.15, -0.1) is 0 Å². The number of anilines is 1. The second-order valence-corrected chi connectivity index (χ2v) is 6.67. The number of fused-ring (bicyclic) bond motifs is 1. The number of benzene rings is 2. The summed E-state index contributed by atoms with van der Waals surface area (Å²) in [5.41, 5.74) is 0.0664. The standard InChI is InChI=1S/C17H10BrClF3NO2/c1-8-11-6-9(18)2-5-14(11)25-15(8)16(24)23-10-3-4-13(19)12(7-10)17(20,21)22/h2-7H,1H3,(H,23,24). The van der Waals surface area contributed by atoms with Crippen molar-refractivity contribution in [2.75, 3.05) is 5.32 Å². The second kappa shape index (κ2) is 6.38. The van der Waals surface area contributed by atoms with Crippen LogP contribution >= 0.6 is 27.5 Å². The van der Waals surface area contributed by atoms with Gasteiger partial charge in [0, 0.05) is 21.1 Å². The highest BCUT2D eigenvalue weighted by Gasteiger charge is 2.33. The molecule has 2 aromatic carbocycles. The van der Waals surface area contributed by atoms with Crippen molar-refractivity contribution >= 4 is 50.1 Å². The van der Waals surface area contributed by atoms with Gasteiger partial charge in [-0.2, -0.15) is 13.2 Å². The molecule has 0 aliphatic heterocycles. The zero-order valence-electron chi connectivity index (χ0n) is 12.7. The highest BCUT2D eigenvalue weighted by atomic mass is 79.9. The minimum atomic E-state index is -4.61. The van der Waals surface area contributed by atoms with Crippen LogP contribution in [0.15, 0.2) is 45.3 Å². The number of alkyl halides is 3. The van der Waals surface area contributed by atoms with Gasteiger partial charge >= 0.3 is 6.18 Å². The Kier molecular flexibility index (Phi) is 4.55. The van der Waals surface area contributed by atoms with E-state index in [1.54, 1.807) is 25.1 Å². The first-order chi connectivity index (χ1) is 11.7. The molecule has 0 aliphatic carbocycles. The van der Waals surface area contributed by atoms with Crippen LogP contribution in [0.3, 0.4) is 0 Å². The summed E-state index contributed by atoms with van der Waals surface area (Å²) in [4.78, 5) is 12.4. The summed E-state index contributed by atoms with van der Waals surface area (Å²) in [5.74, 6) is -0.600. The zero-order chi connectivity index (χ0) is 18.4. The van der Waals surface area contributed by atoms with Crippen molar-refractivity contribution in [1.82, 2.24) is 0 Å². The number of carbonyl (C=O) groups excluding carboxylic acids is 1. The van der Waals surface area contributed by atoms with E-state index in [4.69, 9.17) is 16.0 Å². The molecule has 3 nitrogen and oxygen atoms in total. The van der Waals surface area contributed by atoms with E-state index in [1.165, 1.54) is 6.07 Å². The molecule has 0 unspecified atom stereocenters. The molecular weight excluding hydrogens is 423 g/mol. The van der Waals surface area contributed by atoms with E-state index >= 15 is 0 Å². The lowest BCUT2D eigenvalue weighted by Crippen LogP contribution is -2.13. The molecule has 0 radical (unpaired) electrons. The molecule has 3 rings (SSSR count). The molecule has 1 aromatic heterocycles. The summed E-state index contributed by atoms with van der Waals surface area (Å²) in [6.07, 6.45) is -4.61. The lowest BCUT2D eigenvalue weighted by molar-refractivity contribution is -0.137. The van der Waals surface area contributed by atoms with E-state index in [-0.39, 0.29) is 11.4 Å². The molecule has 0 bridgehead atoms. The number of halogens is 5. The molecule has 0 saturated carbocycles. The zero-order valence-corrected chi connectivity index (χ0v) is 15.0. The van der Waals surface area contributed by atoms with Crippen LogP contribution in [0.4, 0.5) is 18.9 Å². The normalized spacial score (nSPS) is 11.8. The largest absolute Gasteiger partial charge is 0.451 e. The number of amides is 1. The molecule has 130 valence electrons. The molecule has 25 heavy (non-hydrogen) atoms. The molecule has 1 amide bonds. The maximum atomic E-state index is 12.9. The summed E-state index contributed by atoms with van der Waals surface area (Å²) in [6, 6.07) is 8.44. The van der Waals surface area contributed by atoms with Crippen LogP contribution < -0.4 is 5.32 Å². The highest BCUT2D eigenvalue weighted by molar-refractivity contribution is 9.10. The fraction of sp³-hybridized carbons (Fsp3) is 0.118. The maximum Gasteiger partial charge on any atom is 0.417 e. The minimum Gasteiger partial charge on any atom is -0.451 e. The van der Waals surface area contributed by atoms with Crippen molar-refractivity contribution in [3.05, 3.63) is 62.8 Å². The van der Waals surface area contributed by atoms with Gasteiger partial charge in [0.25, 0.3) is 5.91 Å². The third kappa shape index (κ3) is 3.52. The average Bonchev–Trinajstić information content (AvgIpc) is 2.85. The van der Waals surface area contributed by atoms with E-state index in [0.29, 0.717) is 11.1 Å². The summed E-state index contributed by atoms with van der Waals surface area (Å²) in [7, 11) is 0. The van der Waals surface area contributed by atoms with E-state index in [1.807, 2.05) is 0 Å². The number of hydrogen-bond acceptors (Lipinski definition) is 2. The number of hydrogen-bond donors (Lipinski definition) is 1. The Bertz CT molecular complexity index is 982. The van der Waals surface area contributed by atoms with Crippen molar-refractivity contribution in [1.29, 1.82) is 0 Å². The van der Waals surface area contributed by atoms with Gasteiger partial charge in [-0.1, -0.05) is 27.5 Å². The number of aryl methyl sites for hydroxylation is 1. The van der Waals surface area contributed by atoms with Crippen molar-refractivity contribution in [3.63, 3.8) is 0 Å². The predicted molar refractivity (Wildman–Crippen MR) is 93.1 cm³/mol. The molecule has 0 atom stereocenters. The van der Waals surface area contributed by atoms with E-state index in [9.17, 15) is 18.0 Å². The van der Waals surface area contributed by atoms with E-state index in [2.05, 4.69) is 21.2 Å². The van der Waals surface area contributed by atoms with Gasteiger partial charge in [-0.25, -0.2) is 0 Å². The van der Waals surface area contributed by atoms with Crippen LogP contribution in [0.5, 0.6) is 0 Å². The number of furan rings is 1. The molecule has 1 heterocycles.